The molecule has 1 aliphatic heterocycles. The van der Waals surface area contributed by atoms with E-state index in [1.807, 2.05) is 37.3 Å². The molecular weight excluding hydrogens is 537 g/mol. The van der Waals surface area contributed by atoms with Crippen LogP contribution in [0.25, 0.3) is 11.6 Å². The average molecular weight is 567 g/mol. The molecule has 10 nitrogen and oxygen atoms in total. The summed E-state index contributed by atoms with van der Waals surface area (Å²) in [6.45, 7) is 4.98. The number of H-pyrrole nitrogens is 1. The van der Waals surface area contributed by atoms with E-state index in [0.717, 1.165) is 49.2 Å². The lowest BCUT2D eigenvalue weighted by molar-refractivity contribution is 0.394. The summed E-state index contributed by atoms with van der Waals surface area (Å²) < 4.78 is 16.2. The summed E-state index contributed by atoms with van der Waals surface area (Å²) in [6, 6.07) is 9.84. The first-order valence-electron chi connectivity index (χ1n) is 10.7. The molecule has 3 aromatic rings. The second kappa shape index (κ2) is 11.8. The van der Waals surface area contributed by atoms with Crippen LogP contribution >= 0.6 is 24.0 Å². The Kier molecular flexibility index (Phi) is 8.80. The van der Waals surface area contributed by atoms with Crippen molar-refractivity contribution < 1.29 is 13.9 Å². The number of furan rings is 1. The molecule has 33 heavy (non-hydrogen) atoms. The standard InChI is InChI=1S/C22H29N7O3.HI/c1-4-23-22(24-13-20-26-21(28-27-20)19-6-5-9-32-19)25-15-7-8-29(14-15)16-10-17(30-2)12-18(11-16)31-3;/h5-6,9-12,15H,4,7-8,13-14H2,1-3H3,(H2,23,24,25)(H,26,27,28);1H. The number of nitrogens with one attached hydrogen (secondary N) is 3. The van der Waals surface area contributed by atoms with E-state index in [4.69, 9.17) is 13.9 Å². The van der Waals surface area contributed by atoms with E-state index in [2.05, 4.69) is 35.7 Å². The first-order valence-corrected chi connectivity index (χ1v) is 10.7. The van der Waals surface area contributed by atoms with Crippen LogP contribution in [0.2, 0.25) is 0 Å². The van der Waals surface area contributed by atoms with Crippen LogP contribution in [0.5, 0.6) is 11.5 Å². The van der Waals surface area contributed by atoms with Crippen LogP contribution in [-0.2, 0) is 6.54 Å². The summed E-state index contributed by atoms with van der Waals surface area (Å²) in [5.41, 5.74) is 1.08. The summed E-state index contributed by atoms with van der Waals surface area (Å²) in [6.07, 6.45) is 2.60. The highest BCUT2D eigenvalue weighted by atomic mass is 127. The van der Waals surface area contributed by atoms with Crippen molar-refractivity contribution in [2.45, 2.75) is 25.9 Å². The molecule has 3 N–H and O–H groups in total. The van der Waals surface area contributed by atoms with E-state index in [1.54, 1.807) is 20.5 Å². The second-order valence-electron chi connectivity index (χ2n) is 7.42. The Labute approximate surface area is 210 Å². The number of ether oxygens (including phenoxy) is 2. The van der Waals surface area contributed by atoms with Crippen LogP contribution in [0.3, 0.4) is 0 Å². The number of nitrogens with zero attached hydrogens (tertiary/aromatic N) is 4. The molecular formula is C22H30IN7O3. The van der Waals surface area contributed by atoms with Gasteiger partial charge in [0.1, 0.15) is 23.9 Å². The van der Waals surface area contributed by atoms with Crippen molar-refractivity contribution in [1.29, 1.82) is 0 Å². The van der Waals surface area contributed by atoms with Crippen molar-refractivity contribution in [3.63, 3.8) is 0 Å². The Morgan fingerprint density at radius 1 is 1.27 bits per heavy atom. The van der Waals surface area contributed by atoms with E-state index in [-0.39, 0.29) is 30.0 Å². The number of anilines is 1. The SMILES string of the molecule is CCNC(=NCc1nc(-c2ccco2)n[nH]1)NC1CCN(c2cc(OC)cc(OC)c2)C1.I. The zero-order chi connectivity index (χ0) is 22.3. The van der Waals surface area contributed by atoms with E-state index in [1.165, 1.54) is 0 Å². The summed E-state index contributed by atoms with van der Waals surface area (Å²) in [5.74, 6) is 4.14. The van der Waals surface area contributed by atoms with Gasteiger partial charge in [0.05, 0.1) is 20.5 Å². The molecule has 3 heterocycles. The van der Waals surface area contributed by atoms with Crippen LogP contribution in [0.4, 0.5) is 5.69 Å². The lowest BCUT2D eigenvalue weighted by Crippen LogP contribution is -2.44. The third kappa shape index (κ3) is 6.30. The summed E-state index contributed by atoms with van der Waals surface area (Å²) in [7, 11) is 3.33. The lowest BCUT2D eigenvalue weighted by atomic mass is 10.2. The number of aliphatic imine (C=N–C) groups is 1. The fourth-order valence-electron chi connectivity index (χ4n) is 3.64. The van der Waals surface area contributed by atoms with Gasteiger partial charge in [0.2, 0.25) is 5.82 Å². The number of hydrogen-bond donors (Lipinski definition) is 3. The van der Waals surface area contributed by atoms with Crippen LogP contribution in [0, 0.1) is 0 Å². The molecule has 1 atom stereocenters. The monoisotopic (exact) mass is 567 g/mol. The highest BCUT2D eigenvalue weighted by Crippen LogP contribution is 2.30. The number of guanidine groups is 1. The predicted molar refractivity (Wildman–Crippen MR) is 138 cm³/mol. The summed E-state index contributed by atoms with van der Waals surface area (Å²) in [4.78, 5) is 11.4. The van der Waals surface area contributed by atoms with Gasteiger partial charge >= 0.3 is 0 Å². The number of rotatable bonds is 8. The van der Waals surface area contributed by atoms with Crippen molar-refractivity contribution in [2.24, 2.45) is 4.99 Å². The van der Waals surface area contributed by atoms with Gasteiger partial charge in [-0.3, -0.25) is 5.10 Å². The van der Waals surface area contributed by atoms with Gasteiger partial charge in [0.15, 0.2) is 11.7 Å². The lowest BCUT2D eigenvalue weighted by Gasteiger charge is -2.21. The molecule has 0 bridgehead atoms. The maximum Gasteiger partial charge on any atom is 0.216 e. The van der Waals surface area contributed by atoms with E-state index >= 15 is 0 Å². The fraction of sp³-hybridized carbons (Fsp3) is 0.409. The first kappa shape index (κ1) is 24.7. The molecule has 1 aromatic carbocycles. The van der Waals surface area contributed by atoms with Gasteiger partial charge in [-0.05, 0) is 25.5 Å². The molecule has 0 radical (unpaired) electrons. The van der Waals surface area contributed by atoms with E-state index < -0.39 is 0 Å². The zero-order valence-corrected chi connectivity index (χ0v) is 21.3. The Bertz CT molecular complexity index is 1020. The van der Waals surface area contributed by atoms with Gasteiger partial charge in [-0.2, -0.15) is 0 Å². The number of aromatic nitrogens is 3. The van der Waals surface area contributed by atoms with Crippen molar-refractivity contribution in [1.82, 2.24) is 25.8 Å². The van der Waals surface area contributed by atoms with E-state index in [9.17, 15) is 0 Å². The third-order valence-corrected chi connectivity index (χ3v) is 5.23. The van der Waals surface area contributed by atoms with Gasteiger partial charge in [-0.15, -0.1) is 29.1 Å². The molecule has 1 fully saturated rings. The molecule has 1 unspecified atom stereocenters. The fourth-order valence-corrected chi connectivity index (χ4v) is 3.64. The molecule has 1 aliphatic rings. The van der Waals surface area contributed by atoms with Gasteiger partial charge < -0.3 is 29.4 Å². The second-order valence-corrected chi connectivity index (χ2v) is 7.42. The first-order chi connectivity index (χ1) is 15.7. The van der Waals surface area contributed by atoms with Crippen molar-refractivity contribution in [3.8, 4) is 23.1 Å². The third-order valence-electron chi connectivity index (χ3n) is 5.23. The maximum atomic E-state index is 5.41. The molecule has 178 valence electrons. The van der Waals surface area contributed by atoms with Gasteiger partial charge in [0.25, 0.3) is 0 Å². The number of benzene rings is 1. The zero-order valence-electron chi connectivity index (χ0n) is 19.0. The molecule has 0 spiro atoms. The Morgan fingerprint density at radius 2 is 2.06 bits per heavy atom. The van der Waals surface area contributed by atoms with Gasteiger partial charge in [-0.25, -0.2) is 9.98 Å². The van der Waals surface area contributed by atoms with Gasteiger partial charge in [0, 0.05) is 49.6 Å². The minimum Gasteiger partial charge on any atom is -0.497 e. The average Bonchev–Trinajstić information content (AvgIpc) is 3.59. The van der Waals surface area contributed by atoms with Crippen LogP contribution in [-0.4, -0.2) is 61.0 Å². The van der Waals surface area contributed by atoms with Crippen molar-refractivity contribution in [2.75, 3.05) is 38.8 Å². The molecule has 1 saturated heterocycles. The quantitative estimate of drug-likeness (QED) is 0.217. The molecule has 0 saturated carbocycles. The van der Waals surface area contributed by atoms with Crippen LogP contribution < -0.4 is 25.0 Å². The van der Waals surface area contributed by atoms with Crippen molar-refractivity contribution in [3.05, 3.63) is 42.4 Å². The Morgan fingerprint density at radius 3 is 2.73 bits per heavy atom. The Balaban J connectivity index is 0.00000306. The van der Waals surface area contributed by atoms with Crippen molar-refractivity contribution >= 4 is 35.6 Å². The predicted octanol–water partition coefficient (Wildman–Crippen LogP) is 3.03. The topological polar surface area (TPSA) is 113 Å². The number of aromatic amines is 1. The largest absolute Gasteiger partial charge is 0.497 e. The normalized spacial score (nSPS) is 15.8. The van der Waals surface area contributed by atoms with E-state index in [0.29, 0.717) is 24.0 Å². The van der Waals surface area contributed by atoms with Gasteiger partial charge in [-0.1, -0.05) is 0 Å². The summed E-state index contributed by atoms with van der Waals surface area (Å²) in [5, 5.41) is 13.9. The number of hydrogen-bond acceptors (Lipinski definition) is 7. The van der Waals surface area contributed by atoms with Crippen LogP contribution in [0.15, 0.2) is 46.0 Å². The number of methoxy groups -OCH3 is 2. The molecule has 0 aliphatic carbocycles. The molecule has 4 rings (SSSR count). The molecule has 2 aromatic heterocycles. The van der Waals surface area contributed by atoms with Crippen LogP contribution in [0.1, 0.15) is 19.2 Å². The molecule has 11 heteroatoms. The smallest absolute Gasteiger partial charge is 0.216 e. The maximum absolute atomic E-state index is 5.41. The summed E-state index contributed by atoms with van der Waals surface area (Å²) >= 11 is 0. The highest BCUT2D eigenvalue weighted by Gasteiger charge is 2.24. The highest BCUT2D eigenvalue weighted by molar-refractivity contribution is 14.0. The molecule has 0 amide bonds. The minimum atomic E-state index is 0. The number of halogens is 1. The Hall–Kier alpha value is -2.96. The minimum absolute atomic E-state index is 0.